The summed E-state index contributed by atoms with van der Waals surface area (Å²) in [6.45, 7) is 3.87. The van der Waals surface area contributed by atoms with E-state index in [1.54, 1.807) is 0 Å². The molecule has 126 valence electrons. The summed E-state index contributed by atoms with van der Waals surface area (Å²) < 4.78 is 0. The quantitative estimate of drug-likeness (QED) is 0.371. The zero-order valence-corrected chi connectivity index (χ0v) is 16.0. The van der Waals surface area contributed by atoms with Crippen LogP contribution in [0.5, 0.6) is 0 Å². The molecular formula is C16H34BrN3O. The lowest BCUT2D eigenvalue weighted by molar-refractivity contribution is -0.131. The molecule has 0 aromatic heterocycles. The number of unbranched alkanes of at least 4 members (excludes halogenated alkanes) is 2. The number of carbonyl (C=O) groups is 1. The van der Waals surface area contributed by atoms with E-state index in [4.69, 9.17) is 0 Å². The van der Waals surface area contributed by atoms with Crippen LogP contribution in [-0.4, -0.2) is 80.3 Å². The van der Waals surface area contributed by atoms with Gasteiger partial charge in [0.2, 0.25) is 5.91 Å². The average Bonchev–Trinajstić information content (AvgIpc) is 2.41. The number of nitrogens with zero attached hydrogens (tertiary/aromatic N) is 3. The van der Waals surface area contributed by atoms with E-state index in [2.05, 4.69) is 58.8 Å². The van der Waals surface area contributed by atoms with Gasteiger partial charge in [0.1, 0.15) is 0 Å². The van der Waals surface area contributed by atoms with E-state index in [1.807, 2.05) is 0 Å². The van der Waals surface area contributed by atoms with Crippen molar-refractivity contribution in [1.82, 2.24) is 14.7 Å². The van der Waals surface area contributed by atoms with Gasteiger partial charge in [-0.2, -0.15) is 0 Å². The Labute approximate surface area is 140 Å². The van der Waals surface area contributed by atoms with E-state index in [0.29, 0.717) is 12.3 Å². The van der Waals surface area contributed by atoms with Gasteiger partial charge in [-0.25, -0.2) is 0 Å². The minimum atomic E-state index is 0.335. The molecule has 21 heavy (non-hydrogen) atoms. The van der Waals surface area contributed by atoms with Gasteiger partial charge < -0.3 is 14.7 Å². The largest absolute Gasteiger partial charge is 0.343 e. The van der Waals surface area contributed by atoms with E-state index in [0.717, 1.165) is 63.6 Å². The standard InChI is InChI=1S/C16H34BrN3O/c1-18(2)12-8-14-20(15-9-13-19(3)4)16(21)10-6-5-7-11-17/h5-15H2,1-4H3. The number of hydrogen-bond donors (Lipinski definition) is 0. The van der Waals surface area contributed by atoms with E-state index >= 15 is 0 Å². The van der Waals surface area contributed by atoms with Crippen LogP contribution in [0.15, 0.2) is 0 Å². The molecule has 0 rings (SSSR count). The molecule has 0 aromatic rings. The molecule has 0 aliphatic heterocycles. The summed E-state index contributed by atoms with van der Waals surface area (Å²) in [7, 11) is 8.33. The van der Waals surface area contributed by atoms with Crippen LogP contribution in [0.1, 0.15) is 38.5 Å². The van der Waals surface area contributed by atoms with Crippen molar-refractivity contribution in [3.8, 4) is 0 Å². The van der Waals surface area contributed by atoms with Crippen molar-refractivity contribution < 1.29 is 4.79 Å². The molecule has 0 bridgehead atoms. The lowest BCUT2D eigenvalue weighted by atomic mass is 10.2. The summed E-state index contributed by atoms with van der Waals surface area (Å²) in [4.78, 5) is 18.8. The lowest BCUT2D eigenvalue weighted by Crippen LogP contribution is -2.35. The van der Waals surface area contributed by atoms with Crippen molar-refractivity contribution >= 4 is 21.8 Å². The second-order valence-electron chi connectivity index (χ2n) is 6.19. The van der Waals surface area contributed by atoms with Crippen molar-refractivity contribution in [2.24, 2.45) is 0 Å². The van der Waals surface area contributed by atoms with E-state index in [-0.39, 0.29) is 0 Å². The number of alkyl halides is 1. The molecule has 0 N–H and O–H groups in total. The van der Waals surface area contributed by atoms with Crippen molar-refractivity contribution in [1.29, 1.82) is 0 Å². The average molecular weight is 364 g/mol. The predicted octanol–water partition coefficient (Wildman–Crippen LogP) is 2.67. The Morgan fingerprint density at radius 2 is 1.29 bits per heavy atom. The smallest absolute Gasteiger partial charge is 0.222 e. The Morgan fingerprint density at radius 3 is 1.71 bits per heavy atom. The Morgan fingerprint density at radius 1 is 0.762 bits per heavy atom. The summed E-state index contributed by atoms with van der Waals surface area (Å²) in [6.07, 6.45) is 6.14. The molecule has 0 heterocycles. The molecule has 0 fully saturated rings. The fourth-order valence-electron chi connectivity index (χ4n) is 2.22. The van der Waals surface area contributed by atoms with Gasteiger partial charge in [-0.3, -0.25) is 4.79 Å². The lowest BCUT2D eigenvalue weighted by Gasteiger charge is -2.24. The van der Waals surface area contributed by atoms with Gasteiger partial charge in [-0.15, -0.1) is 0 Å². The van der Waals surface area contributed by atoms with Gasteiger partial charge >= 0.3 is 0 Å². The third-order valence-corrected chi connectivity index (χ3v) is 4.00. The van der Waals surface area contributed by atoms with Crippen LogP contribution in [-0.2, 0) is 4.79 Å². The topological polar surface area (TPSA) is 26.8 Å². The van der Waals surface area contributed by atoms with E-state index in [9.17, 15) is 4.79 Å². The number of halogens is 1. The molecule has 0 unspecified atom stereocenters. The Balaban J connectivity index is 4.10. The van der Waals surface area contributed by atoms with E-state index < -0.39 is 0 Å². The minimum Gasteiger partial charge on any atom is -0.343 e. The van der Waals surface area contributed by atoms with Crippen LogP contribution >= 0.6 is 15.9 Å². The monoisotopic (exact) mass is 363 g/mol. The number of rotatable bonds is 13. The molecule has 0 aliphatic carbocycles. The number of hydrogen-bond acceptors (Lipinski definition) is 3. The SMILES string of the molecule is CN(C)CCCN(CCCN(C)C)C(=O)CCCCCBr. The first-order valence-corrected chi connectivity index (χ1v) is 9.22. The van der Waals surface area contributed by atoms with Crippen molar-refractivity contribution in [2.75, 3.05) is 59.7 Å². The third kappa shape index (κ3) is 13.3. The van der Waals surface area contributed by atoms with Gasteiger partial charge in [0.25, 0.3) is 0 Å². The maximum Gasteiger partial charge on any atom is 0.222 e. The maximum absolute atomic E-state index is 12.3. The summed E-state index contributed by atoms with van der Waals surface area (Å²) in [6, 6.07) is 0. The van der Waals surface area contributed by atoms with Crippen molar-refractivity contribution in [3.63, 3.8) is 0 Å². The van der Waals surface area contributed by atoms with Crippen LogP contribution < -0.4 is 0 Å². The van der Waals surface area contributed by atoms with Crippen LogP contribution in [0.25, 0.3) is 0 Å². The van der Waals surface area contributed by atoms with Crippen molar-refractivity contribution in [2.45, 2.75) is 38.5 Å². The summed E-state index contributed by atoms with van der Waals surface area (Å²) in [5, 5.41) is 1.04. The first-order valence-electron chi connectivity index (χ1n) is 8.10. The Hall–Kier alpha value is -0.130. The maximum atomic E-state index is 12.3. The van der Waals surface area contributed by atoms with Gasteiger partial charge in [0.05, 0.1) is 0 Å². The van der Waals surface area contributed by atoms with Gasteiger partial charge in [0, 0.05) is 24.8 Å². The highest BCUT2D eigenvalue weighted by atomic mass is 79.9. The first kappa shape index (κ1) is 20.9. The normalized spacial score (nSPS) is 11.4. The van der Waals surface area contributed by atoms with Crippen molar-refractivity contribution in [3.05, 3.63) is 0 Å². The first-order chi connectivity index (χ1) is 9.97. The minimum absolute atomic E-state index is 0.335. The Bertz CT molecular complexity index is 246. The molecule has 0 saturated heterocycles. The zero-order chi connectivity index (χ0) is 16.1. The third-order valence-electron chi connectivity index (χ3n) is 3.44. The predicted molar refractivity (Wildman–Crippen MR) is 95.2 cm³/mol. The van der Waals surface area contributed by atoms with E-state index in [1.165, 1.54) is 0 Å². The zero-order valence-electron chi connectivity index (χ0n) is 14.4. The van der Waals surface area contributed by atoms with Gasteiger partial charge in [-0.1, -0.05) is 22.4 Å². The molecule has 0 saturated carbocycles. The highest BCUT2D eigenvalue weighted by molar-refractivity contribution is 9.09. The summed E-state index contributed by atoms with van der Waals surface area (Å²) >= 11 is 3.44. The number of carbonyl (C=O) groups excluding carboxylic acids is 1. The summed E-state index contributed by atoms with van der Waals surface area (Å²) in [5.41, 5.74) is 0. The fourth-order valence-corrected chi connectivity index (χ4v) is 2.62. The molecule has 1 amide bonds. The highest BCUT2D eigenvalue weighted by Crippen LogP contribution is 2.07. The molecule has 0 radical (unpaired) electrons. The van der Waals surface area contributed by atoms with Crippen LogP contribution in [0, 0.1) is 0 Å². The summed E-state index contributed by atoms with van der Waals surface area (Å²) in [5.74, 6) is 0.335. The fraction of sp³-hybridized carbons (Fsp3) is 0.938. The second kappa shape index (κ2) is 13.5. The molecule has 0 aliphatic rings. The molecule has 4 nitrogen and oxygen atoms in total. The molecular weight excluding hydrogens is 330 g/mol. The van der Waals surface area contributed by atoms with Crippen LogP contribution in [0.3, 0.4) is 0 Å². The highest BCUT2D eigenvalue weighted by Gasteiger charge is 2.12. The molecule has 5 heteroatoms. The van der Waals surface area contributed by atoms with Gasteiger partial charge in [0.15, 0.2) is 0 Å². The molecule has 0 atom stereocenters. The molecule has 0 spiro atoms. The second-order valence-corrected chi connectivity index (χ2v) is 6.99. The molecule has 0 aromatic carbocycles. The Kier molecular flexibility index (Phi) is 13.4. The van der Waals surface area contributed by atoms with Gasteiger partial charge in [-0.05, 0) is 67.0 Å². The number of amides is 1. The van der Waals surface area contributed by atoms with Crippen LogP contribution in [0.2, 0.25) is 0 Å². The van der Waals surface area contributed by atoms with Crippen LogP contribution in [0.4, 0.5) is 0 Å².